The Morgan fingerprint density at radius 1 is 0.833 bits per heavy atom. The predicted molar refractivity (Wildman–Crippen MR) is 169 cm³/mol. The van der Waals surface area contributed by atoms with E-state index in [1.165, 1.54) is 0 Å². The van der Waals surface area contributed by atoms with Gasteiger partial charge in [-0.15, -0.1) is 0 Å². The second-order valence-corrected chi connectivity index (χ2v) is 11.7. The molecular weight excluding hydrogens is 518 g/mol. The van der Waals surface area contributed by atoms with E-state index >= 15 is 0 Å². The Kier molecular flexibility index (Phi) is 7.17. The number of fused-ring (bicyclic) bond motifs is 3. The zero-order valence-corrected chi connectivity index (χ0v) is 24.0. The van der Waals surface area contributed by atoms with Gasteiger partial charge in [0, 0.05) is 34.2 Å². The van der Waals surface area contributed by atoms with Crippen molar-refractivity contribution < 1.29 is 9.59 Å². The van der Waals surface area contributed by atoms with Gasteiger partial charge in [0.2, 0.25) is 5.91 Å². The van der Waals surface area contributed by atoms with Crippen LogP contribution in [0.5, 0.6) is 0 Å². The number of rotatable bonds is 4. The number of aromatic nitrogens is 1. The van der Waals surface area contributed by atoms with E-state index in [-0.39, 0.29) is 18.4 Å². The molecule has 0 bridgehead atoms. The number of carbonyl (C=O) groups excluding carboxylic acids is 2. The minimum atomic E-state index is -0.920. The Morgan fingerprint density at radius 3 is 2.17 bits per heavy atom. The first-order valence-corrected chi connectivity index (χ1v) is 14.2. The van der Waals surface area contributed by atoms with Gasteiger partial charge in [0.25, 0.3) is 5.91 Å². The summed E-state index contributed by atoms with van der Waals surface area (Å²) in [5, 5.41) is 4.08. The second kappa shape index (κ2) is 11.1. The molecule has 0 radical (unpaired) electrons. The van der Waals surface area contributed by atoms with Crippen LogP contribution in [0.25, 0.3) is 22.6 Å². The maximum atomic E-state index is 14.6. The first kappa shape index (κ1) is 27.2. The number of benzene rings is 4. The van der Waals surface area contributed by atoms with Gasteiger partial charge in [-0.3, -0.25) is 9.59 Å². The molecule has 6 rings (SSSR count). The van der Waals surface area contributed by atoms with E-state index in [9.17, 15) is 9.59 Å². The van der Waals surface area contributed by atoms with Gasteiger partial charge in [-0.2, -0.15) is 0 Å². The third-order valence-corrected chi connectivity index (χ3v) is 7.38. The van der Waals surface area contributed by atoms with E-state index in [1.807, 2.05) is 136 Å². The third-order valence-electron chi connectivity index (χ3n) is 7.38. The van der Waals surface area contributed by atoms with Crippen molar-refractivity contribution in [2.75, 3.05) is 0 Å². The van der Waals surface area contributed by atoms with E-state index in [0.717, 1.165) is 33.2 Å². The van der Waals surface area contributed by atoms with Crippen molar-refractivity contribution in [3.8, 4) is 0 Å². The zero-order valence-electron chi connectivity index (χ0n) is 24.0. The lowest BCUT2D eigenvalue weighted by atomic mass is 9.86. The topological polar surface area (TPSA) is 62.3 Å². The molecule has 4 aromatic carbocycles. The van der Waals surface area contributed by atoms with Crippen LogP contribution in [0.1, 0.15) is 65.1 Å². The first-order chi connectivity index (χ1) is 20.3. The number of hydrogen-bond acceptors (Lipinski definition) is 3. The Hall–Kier alpha value is -5.03. The van der Waals surface area contributed by atoms with Crippen LogP contribution in [0.4, 0.5) is 0 Å². The van der Waals surface area contributed by atoms with Gasteiger partial charge in [0.05, 0.1) is 11.2 Å². The summed E-state index contributed by atoms with van der Waals surface area (Å²) in [5.41, 5.74) is 5.73. The molecule has 0 spiro atoms. The Balaban J connectivity index is 1.69. The van der Waals surface area contributed by atoms with E-state index < -0.39 is 11.6 Å². The number of nitrogens with one attached hydrogen (secondary N) is 1. The minimum Gasteiger partial charge on any atom is -0.349 e. The summed E-state index contributed by atoms with van der Waals surface area (Å²) in [7, 11) is 0. The smallest absolute Gasteiger partial charge is 0.255 e. The van der Waals surface area contributed by atoms with Crippen LogP contribution in [-0.2, 0) is 11.3 Å². The quantitative estimate of drug-likeness (QED) is 0.253. The number of carbonyl (C=O) groups is 2. The SMILES string of the molecule is CC(C)(C)NC(=O)[C@@H]1c2cc3ccccc3nc2/C(=C\c2ccccc2)c2ccccc2C(=O)N1Cc1ccccc1. The summed E-state index contributed by atoms with van der Waals surface area (Å²) in [5.74, 6) is -0.454. The van der Waals surface area contributed by atoms with Gasteiger partial charge in [-0.05, 0) is 61.7 Å². The van der Waals surface area contributed by atoms with Gasteiger partial charge in [-0.1, -0.05) is 97.1 Å². The average Bonchev–Trinajstić information content (AvgIpc) is 2.99. The molecule has 42 heavy (non-hydrogen) atoms. The van der Waals surface area contributed by atoms with Crippen molar-refractivity contribution >= 4 is 34.4 Å². The second-order valence-electron chi connectivity index (χ2n) is 11.7. The molecule has 1 atom stereocenters. The lowest BCUT2D eigenvalue weighted by molar-refractivity contribution is -0.127. The molecule has 1 N–H and O–H groups in total. The molecule has 2 amide bonds. The number of pyridine rings is 1. The lowest BCUT2D eigenvalue weighted by Gasteiger charge is -2.37. The largest absolute Gasteiger partial charge is 0.349 e. The summed E-state index contributed by atoms with van der Waals surface area (Å²) in [6.45, 7) is 6.12. The molecule has 2 heterocycles. The molecule has 1 aliphatic rings. The summed E-state index contributed by atoms with van der Waals surface area (Å²) < 4.78 is 0. The summed E-state index contributed by atoms with van der Waals surface area (Å²) in [6.07, 6.45) is 2.07. The Labute approximate surface area is 246 Å². The van der Waals surface area contributed by atoms with Crippen LogP contribution in [0.2, 0.25) is 0 Å². The highest BCUT2D eigenvalue weighted by Crippen LogP contribution is 2.40. The third kappa shape index (κ3) is 5.46. The first-order valence-electron chi connectivity index (χ1n) is 14.2. The van der Waals surface area contributed by atoms with E-state index in [2.05, 4.69) is 11.4 Å². The van der Waals surface area contributed by atoms with Crippen molar-refractivity contribution in [2.45, 2.75) is 38.9 Å². The molecule has 1 aromatic heterocycles. The van der Waals surface area contributed by atoms with Crippen LogP contribution in [0.3, 0.4) is 0 Å². The van der Waals surface area contributed by atoms with Crippen molar-refractivity contribution in [3.05, 3.63) is 149 Å². The monoisotopic (exact) mass is 551 g/mol. The van der Waals surface area contributed by atoms with Gasteiger partial charge in [0.1, 0.15) is 6.04 Å². The average molecular weight is 552 g/mol. The van der Waals surface area contributed by atoms with Crippen molar-refractivity contribution in [2.24, 2.45) is 0 Å². The van der Waals surface area contributed by atoms with Crippen LogP contribution < -0.4 is 5.32 Å². The summed E-state index contributed by atoms with van der Waals surface area (Å²) >= 11 is 0. The minimum absolute atomic E-state index is 0.207. The fourth-order valence-electron chi connectivity index (χ4n) is 5.55. The molecule has 208 valence electrons. The number of amides is 2. The fraction of sp³-hybridized carbons (Fsp3) is 0.162. The Morgan fingerprint density at radius 2 is 1.45 bits per heavy atom. The Bertz CT molecular complexity index is 1800. The molecule has 0 aliphatic carbocycles. The number of nitrogens with zero attached hydrogens (tertiary/aromatic N) is 2. The standard InChI is InChI=1S/C37H33N3O2/c1-37(2,3)39-35(41)34-31-23-27-18-10-13-21-32(27)38-33(31)30(22-25-14-6-4-7-15-25)28-19-11-12-20-29(28)36(42)40(34)24-26-16-8-5-9-17-26/h4-23,34H,24H2,1-3H3,(H,39,41)/b30-22-/t34-/m0/s1. The molecule has 0 saturated heterocycles. The van der Waals surface area contributed by atoms with Crippen molar-refractivity contribution in [3.63, 3.8) is 0 Å². The molecule has 5 aromatic rings. The van der Waals surface area contributed by atoms with Gasteiger partial charge < -0.3 is 10.2 Å². The van der Waals surface area contributed by atoms with Crippen LogP contribution in [0.15, 0.2) is 115 Å². The fourth-order valence-corrected chi connectivity index (χ4v) is 5.55. The highest BCUT2D eigenvalue weighted by atomic mass is 16.2. The molecule has 1 aliphatic heterocycles. The van der Waals surface area contributed by atoms with E-state index in [4.69, 9.17) is 4.98 Å². The van der Waals surface area contributed by atoms with Gasteiger partial charge >= 0.3 is 0 Å². The van der Waals surface area contributed by atoms with Gasteiger partial charge in [0.15, 0.2) is 0 Å². The zero-order chi connectivity index (χ0) is 29.3. The molecule has 5 heteroatoms. The summed E-state index contributed by atoms with van der Waals surface area (Å²) in [6, 6.07) is 36.5. The summed E-state index contributed by atoms with van der Waals surface area (Å²) in [4.78, 5) is 35.9. The van der Waals surface area contributed by atoms with Gasteiger partial charge in [-0.25, -0.2) is 4.98 Å². The molecule has 5 nitrogen and oxygen atoms in total. The van der Waals surface area contributed by atoms with Crippen LogP contribution >= 0.6 is 0 Å². The highest BCUT2D eigenvalue weighted by molar-refractivity contribution is 6.08. The number of hydrogen-bond donors (Lipinski definition) is 1. The maximum Gasteiger partial charge on any atom is 0.255 e. The van der Waals surface area contributed by atoms with E-state index in [0.29, 0.717) is 16.8 Å². The molecule has 0 fully saturated rings. The van der Waals surface area contributed by atoms with Crippen LogP contribution in [0, 0.1) is 0 Å². The lowest BCUT2D eigenvalue weighted by Crippen LogP contribution is -2.49. The van der Waals surface area contributed by atoms with Crippen LogP contribution in [-0.4, -0.2) is 27.2 Å². The predicted octanol–water partition coefficient (Wildman–Crippen LogP) is 7.44. The highest BCUT2D eigenvalue weighted by Gasteiger charge is 2.39. The normalized spacial score (nSPS) is 16.0. The molecule has 0 saturated carbocycles. The molecule has 0 unspecified atom stereocenters. The van der Waals surface area contributed by atoms with E-state index in [1.54, 1.807) is 4.90 Å². The number of para-hydroxylation sites is 1. The van der Waals surface area contributed by atoms with Crippen molar-refractivity contribution in [1.29, 1.82) is 0 Å². The maximum absolute atomic E-state index is 14.6. The molecular formula is C37H33N3O2. The van der Waals surface area contributed by atoms with Crippen molar-refractivity contribution in [1.82, 2.24) is 15.2 Å².